The van der Waals surface area contributed by atoms with Gasteiger partial charge >= 0.3 is 17.8 Å². The average molecular weight is 463 g/mol. The van der Waals surface area contributed by atoms with Gasteiger partial charge in [0.1, 0.15) is 5.52 Å². The van der Waals surface area contributed by atoms with Gasteiger partial charge in [-0.15, -0.1) is 5.92 Å². The van der Waals surface area contributed by atoms with Crippen molar-refractivity contribution in [2.24, 2.45) is 7.05 Å². The van der Waals surface area contributed by atoms with E-state index in [1.807, 2.05) is 7.05 Å². The number of aryl methyl sites for hydroxylation is 1. The summed E-state index contributed by atoms with van der Waals surface area (Å²) < 4.78 is 34.9. The summed E-state index contributed by atoms with van der Waals surface area (Å²) in [7, 11) is 3.66. The summed E-state index contributed by atoms with van der Waals surface area (Å²) in [6, 6.07) is 0.391. The molecule has 0 saturated carbocycles. The molecule has 3 rings (SSSR count). The number of alkyl halides is 3. The molecule has 3 heterocycles. The van der Waals surface area contributed by atoms with Crippen LogP contribution in [0.2, 0.25) is 5.28 Å². The van der Waals surface area contributed by atoms with Crippen molar-refractivity contribution in [2.75, 3.05) is 25.0 Å². The number of aliphatic carboxylic acids is 1. The van der Waals surface area contributed by atoms with Crippen molar-refractivity contribution >= 4 is 34.6 Å². The Labute approximate surface area is 180 Å². The Morgan fingerprint density at radius 2 is 2.03 bits per heavy atom. The van der Waals surface area contributed by atoms with E-state index in [-0.39, 0.29) is 11.0 Å². The third-order valence-corrected chi connectivity index (χ3v) is 4.88. The minimum absolute atomic E-state index is 0.151. The third kappa shape index (κ3) is 5.68. The minimum atomic E-state index is -5.08. The van der Waals surface area contributed by atoms with Gasteiger partial charge < -0.3 is 15.3 Å². The Balaban J connectivity index is 0.000000423. The first-order chi connectivity index (χ1) is 14.5. The van der Waals surface area contributed by atoms with Crippen molar-refractivity contribution in [3.8, 4) is 11.8 Å². The molecule has 1 aliphatic heterocycles. The maximum absolute atomic E-state index is 12.6. The number of nitrogens with zero attached hydrogens (tertiary/aromatic N) is 5. The molecule has 0 spiro atoms. The lowest BCUT2D eigenvalue weighted by molar-refractivity contribution is -0.192. The summed E-state index contributed by atoms with van der Waals surface area (Å²) in [5.74, 6) is 3.74. The molecule has 2 aromatic rings. The normalized spacial score (nSPS) is 16.4. The molecule has 1 unspecified atom stereocenters. The number of rotatable bonds is 3. The number of carboxylic acids is 1. The average Bonchev–Trinajstić information content (AvgIpc) is 2.96. The number of hydrogen-bond donors (Lipinski definition) is 2. The largest absolute Gasteiger partial charge is 0.490 e. The number of carboxylic acid groups (broad SMARTS) is 1. The van der Waals surface area contributed by atoms with Gasteiger partial charge in [-0.2, -0.15) is 23.1 Å². The van der Waals surface area contributed by atoms with E-state index < -0.39 is 12.1 Å². The first-order valence-electron chi connectivity index (χ1n) is 9.25. The molecule has 2 N–H and O–H groups in total. The number of nitrogens with one attached hydrogen (secondary N) is 1. The van der Waals surface area contributed by atoms with Crippen LogP contribution in [0.5, 0.6) is 0 Å². The highest BCUT2D eigenvalue weighted by Crippen LogP contribution is 2.27. The monoisotopic (exact) mass is 462 g/mol. The molecule has 0 aromatic carbocycles. The molecule has 2 aromatic heterocycles. The Kier molecular flexibility index (Phi) is 7.91. The molecule has 1 aliphatic rings. The van der Waals surface area contributed by atoms with E-state index in [1.165, 1.54) is 4.57 Å². The van der Waals surface area contributed by atoms with Gasteiger partial charge in [-0.1, -0.05) is 5.92 Å². The number of imidazole rings is 1. The van der Waals surface area contributed by atoms with E-state index in [4.69, 9.17) is 21.5 Å². The number of anilines is 1. The summed E-state index contributed by atoms with van der Waals surface area (Å²) in [5.41, 5.74) is 1.08. The molecule has 31 heavy (non-hydrogen) atoms. The predicted molar refractivity (Wildman–Crippen MR) is 109 cm³/mol. The topological polar surface area (TPSA) is 105 Å². The van der Waals surface area contributed by atoms with Gasteiger partial charge in [-0.25, -0.2) is 9.59 Å². The second-order valence-corrected chi connectivity index (χ2v) is 7.06. The molecule has 0 bridgehead atoms. The van der Waals surface area contributed by atoms with Gasteiger partial charge in [0.15, 0.2) is 11.5 Å². The zero-order valence-corrected chi connectivity index (χ0v) is 17.9. The fraction of sp³-hybridized carbons (Fsp3) is 0.556. The standard InChI is InChI=1S/C16H21ClN6O.C2HF3O2/c1-4-5-9-23-12-13(21(3)16(23)24)19-15(17)20-14(12)22-8-6-7-11(10-22)18-2;3-2(4,5)1(6)7/h11,18H,6-10H2,1-3H3;(H,6,7). The van der Waals surface area contributed by atoms with E-state index in [9.17, 15) is 18.0 Å². The lowest BCUT2D eigenvalue weighted by Gasteiger charge is -2.33. The van der Waals surface area contributed by atoms with Crippen LogP contribution in [-0.2, 0) is 18.4 Å². The Morgan fingerprint density at radius 3 is 2.58 bits per heavy atom. The van der Waals surface area contributed by atoms with Gasteiger partial charge in [0, 0.05) is 26.2 Å². The molecule has 1 fully saturated rings. The summed E-state index contributed by atoms with van der Waals surface area (Å²) in [6.45, 7) is 3.77. The van der Waals surface area contributed by atoms with Crippen LogP contribution in [0.4, 0.5) is 19.0 Å². The molecular formula is C18H22ClF3N6O3. The molecular weight excluding hydrogens is 441 g/mol. The molecule has 0 radical (unpaired) electrons. The number of aromatic nitrogens is 4. The SMILES string of the molecule is CC#CCn1c(=O)n(C)c2nc(Cl)nc(N3CCCC(NC)C3)c21.O=C(O)C(F)(F)F. The Bertz CT molecular complexity index is 1070. The first kappa shape index (κ1) is 24.5. The van der Waals surface area contributed by atoms with E-state index in [2.05, 4.69) is 32.0 Å². The van der Waals surface area contributed by atoms with Crippen molar-refractivity contribution in [3.63, 3.8) is 0 Å². The highest BCUT2D eigenvalue weighted by atomic mass is 35.5. The number of hydrogen-bond acceptors (Lipinski definition) is 6. The van der Waals surface area contributed by atoms with Crippen molar-refractivity contribution in [3.05, 3.63) is 15.8 Å². The van der Waals surface area contributed by atoms with Crippen LogP contribution in [0.15, 0.2) is 4.79 Å². The van der Waals surface area contributed by atoms with E-state index in [0.29, 0.717) is 29.6 Å². The highest BCUT2D eigenvalue weighted by molar-refractivity contribution is 6.28. The van der Waals surface area contributed by atoms with Gasteiger partial charge in [0.2, 0.25) is 5.28 Å². The summed E-state index contributed by atoms with van der Waals surface area (Å²) in [4.78, 5) is 32.4. The maximum atomic E-state index is 12.6. The third-order valence-electron chi connectivity index (χ3n) is 4.71. The van der Waals surface area contributed by atoms with Crippen molar-refractivity contribution in [1.29, 1.82) is 0 Å². The summed E-state index contributed by atoms with van der Waals surface area (Å²) in [6.07, 6.45) is -2.90. The van der Waals surface area contributed by atoms with Crippen LogP contribution in [0.3, 0.4) is 0 Å². The molecule has 1 saturated heterocycles. The van der Waals surface area contributed by atoms with Gasteiger partial charge in [-0.05, 0) is 38.4 Å². The van der Waals surface area contributed by atoms with E-state index in [1.54, 1.807) is 18.5 Å². The second kappa shape index (κ2) is 10.0. The molecule has 0 amide bonds. The van der Waals surface area contributed by atoms with Crippen molar-refractivity contribution in [1.82, 2.24) is 24.4 Å². The Hall–Kier alpha value is -2.78. The van der Waals surface area contributed by atoms with Crippen LogP contribution < -0.4 is 15.9 Å². The van der Waals surface area contributed by atoms with Crippen LogP contribution in [0, 0.1) is 11.8 Å². The summed E-state index contributed by atoms with van der Waals surface area (Å²) in [5, 5.41) is 10.6. The number of halogens is 4. The van der Waals surface area contributed by atoms with Crippen molar-refractivity contribution in [2.45, 2.75) is 38.5 Å². The number of carbonyl (C=O) groups is 1. The number of fused-ring (bicyclic) bond motifs is 1. The molecule has 1 atom stereocenters. The van der Waals surface area contributed by atoms with Crippen molar-refractivity contribution < 1.29 is 23.1 Å². The van der Waals surface area contributed by atoms with Gasteiger partial charge in [-0.3, -0.25) is 9.13 Å². The molecule has 9 nitrogen and oxygen atoms in total. The zero-order valence-electron chi connectivity index (χ0n) is 17.1. The van der Waals surface area contributed by atoms with Crippen LogP contribution >= 0.6 is 11.6 Å². The van der Waals surface area contributed by atoms with Gasteiger partial charge in [0.05, 0.1) is 6.54 Å². The fourth-order valence-corrected chi connectivity index (χ4v) is 3.34. The van der Waals surface area contributed by atoms with E-state index in [0.717, 1.165) is 25.9 Å². The summed E-state index contributed by atoms with van der Waals surface area (Å²) >= 11 is 6.13. The quantitative estimate of drug-likeness (QED) is 0.527. The van der Waals surface area contributed by atoms with E-state index >= 15 is 0 Å². The lowest BCUT2D eigenvalue weighted by Crippen LogP contribution is -2.45. The Morgan fingerprint density at radius 1 is 1.39 bits per heavy atom. The van der Waals surface area contributed by atoms with Crippen LogP contribution in [0.1, 0.15) is 19.8 Å². The molecule has 13 heteroatoms. The lowest BCUT2D eigenvalue weighted by atomic mass is 10.1. The molecule has 170 valence electrons. The highest BCUT2D eigenvalue weighted by Gasteiger charge is 2.38. The number of likely N-dealkylation sites (N-methyl/N-ethyl adjacent to an activating group) is 1. The fourth-order valence-electron chi connectivity index (χ4n) is 3.18. The molecule has 0 aliphatic carbocycles. The smallest absolute Gasteiger partial charge is 0.475 e. The maximum Gasteiger partial charge on any atom is 0.490 e. The first-order valence-corrected chi connectivity index (χ1v) is 9.63. The van der Waals surface area contributed by atoms with Crippen LogP contribution in [-0.4, -0.2) is 62.5 Å². The second-order valence-electron chi connectivity index (χ2n) is 6.72. The predicted octanol–water partition coefficient (Wildman–Crippen LogP) is 1.63. The number of piperidine rings is 1. The minimum Gasteiger partial charge on any atom is -0.475 e. The van der Waals surface area contributed by atoms with Gasteiger partial charge in [0.25, 0.3) is 0 Å². The van der Waals surface area contributed by atoms with Crippen LogP contribution in [0.25, 0.3) is 11.2 Å². The zero-order chi connectivity index (χ0) is 23.3.